The zero-order valence-corrected chi connectivity index (χ0v) is 35.0. The highest BCUT2D eigenvalue weighted by Gasteiger charge is 2.15. The average Bonchev–Trinajstić information content (AvgIpc) is 3.49. The molecule has 0 radical (unpaired) electrons. The van der Waals surface area contributed by atoms with Crippen molar-refractivity contribution in [3.63, 3.8) is 0 Å². The van der Waals surface area contributed by atoms with Crippen LogP contribution in [0.15, 0.2) is 273 Å². The van der Waals surface area contributed by atoms with Crippen LogP contribution in [0.4, 0.5) is 17.1 Å². The van der Waals surface area contributed by atoms with E-state index in [1.54, 1.807) is 48.5 Å². The summed E-state index contributed by atoms with van der Waals surface area (Å²) in [7, 11) is 0. The minimum Gasteiger partial charge on any atom is -0.311 e. The summed E-state index contributed by atoms with van der Waals surface area (Å²) in [6, 6.07) is 54.9. The molecule has 1 heteroatoms. The Bertz CT molecular complexity index is 3980. The lowest BCUT2D eigenvalue weighted by molar-refractivity contribution is 1.28. The van der Waals surface area contributed by atoms with Gasteiger partial charge in [-0.2, -0.15) is 0 Å². The van der Waals surface area contributed by atoms with Crippen molar-refractivity contribution in [3.8, 4) is 77.9 Å². The predicted octanol–water partition coefficient (Wildman–Crippen LogP) is 18.0. The minimum absolute atomic E-state index is 0.0647. The van der Waals surface area contributed by atoms with Gasteiger partial charge < -0.3 is 4.90 Å². The number of nitrogens with zero attached hydrogens (tertiary/aromatic N) is 1. The normalized spacial score (nSPS) is 13.7. The Kier molecular flexibility index (Phi) is 7.68. The predicted molar refractivity (Wildman–Crippen MR) is 277 cm³/mol. The summed E-state index contributed by atoms with van der Waals surface area (Å²) in [4.78, 5) is 0.862. The van der Waals surface area contributed by atoms with Gasteiger partial charge in [0.25, 0.3) is 0 Å². The minimum atomic E-state index is -0.687. The quantitative estimate of drug-likeness (QED) is 0.133. The Morgan fingerprint density at radius 3 is 0.938 bits per heavy atom. The van der Waals surface area contributed by atoms with Gasteiger partial charge in [-0.25, -0.2) is 0 Å². The highest BCUT2D eigenvalue weighted by atomic mass is 15.1. The number of benzene rings is 11. The van der Waals surface area contributed by atoms with E-state index in [1.165, 1.54) is 0 Å². The topological polar surface area (TPSA) is 3.24 Å². The monoisotopic (exact) mass is 839 g/mol. The summed E-state index contributed by atoms with van der Waals surface area (Å²) in [6.07, 6.45) is 0. The van der Waals surface area contributed by atoms with Gasteiger partial charge in [0, 0.05) is 17.1 Å². The molecule has 0 atom stereocenters. The van der Waals surface area contributed by atoms with Gasteiger partial charge in [0.15, 0.2) is 0 Å². The molecule has 0 bridgehead atoms. The number of rotatable bonds is 10. The molecule has 0 saturated carbocycles. The average molecular weight is 840 g/mol. The molecule has 306 valence electrons. The van der Waals surface area contributed by atoms with Crippen LogP contribution >= 0.6 is 0 Å². The Balaban J connectivity index is 1.15. The van der Waals surface area contributed by atoms with Crippen LogP contribution in [-0.4, -0.2) is 0 Å². The van der Waals surface area contributed by atoms with E-state index in [4.69, 9.17) is 0 Å². The van der Waals surface area contributed by atoms with Crippen molar-refractivity contribution in [1.82, 2.24) is 0 Å². The maximum Gasteiger partial charge on any atom is 0.0645 e. The molecule has 0 aliphatic rings. The Morgan fingerprint density at radius 2 is 0.492 bits per heavy atom. The van der Waals surface area contributed by atoms with E-state index in [2.05, 4.69) is 0 Å². The van der Waals surface area contributed by atoms with Crippen LogP contribution in [0.5, 0.6) is 0 Å². The fourth-order valence-corrected chi connectivity index (χ4v) is 8.10. The number of fused-ring (bicyclic) bond motifs is 1. The van der Waals surface area contributed by atoms with Crippen LogP contribution < -0.4 is 4.90 Å². The molecule has 0 N–H and O–H groups in total. The lowest BCUT2D eigenvalue weighted by atomic mass is 9.93. The van der Waals surface area contributed by atoms with Crippen molar-refractivity contribution in [2.75, 3.05) is 4.90 Å². The second-order valence-electron chi connectivity index (χ2n) is 15.6. The van der Waals surface area contributed by atoms with E-state index in [0.29, 0.717) is 16.7 Å². The molecule has 1 nitrogen and oxygen atoms in total. The summed E-state index contributed by atoms with van der Waals surface area (Å²) in [5.41, 5.74) is 5.47. The third-order valence-electron chi connectivity index (χ3n) is 11.4. The van der Waals surface area contributed by atoms with Crippen LogP contribution in [0.1, 0.15) is 16.4 Å². The third kappa shape index (κ3) is 8.40. The summed E-state index contributed by atoms with van der Waals surface area (Å²) in [5, 5.41) is 2.05. The largest absolute Gasteiger partial charge is 0.311 e. The first-order valence-electron chi connectivity index (χ1n) is 27.3. The van der Waals surface area contributed by atoms with Gasteiger partial charge in [-0.15, -0.1) is 0 Å². The first-order valence-corrected chi connectivity index (χ1v) is 21.3. The van der Waals surface area contributed by atoms with Crippen LogP contribution in [0, 0.1) is 0 Å². The summed E-state index contributed by atoms with van der Waals surface area (Å²) in [6.45, 7) is 0. The van der Waals surface area contributed by atoms with Crippen molar-refractivity contribution in [1.29, 1.82) is 0 Å². The molecule has 11 aromatic carbocycles. The fourth-order valence-electron chi connectivity index (χ4n) is 8.10. The summed E-state index contributed by atoms with van der Waals surface area (Å²) >= 11 is 0. The van der Waals surface area contributed by atoms with Crippen LogP contribution in [0.3, 0.4) is 0 Å². The van der Waals surface area contributed by atoms with E-state index in [0.717, 1.165) is 60.2 Å². The maximum atomic E-state index is 9.83. The van der Waals surface area contributed by atoms with Gasteiger partial charge in [-0.05, 0) is 161 Å². The molecule has 11 rings (SSSR count). The van der Waals surface area contributed by atoms with Crippen molar-refractivity contribution in [2.24, 2.45) is 0 Å². The number of hydrogen-bond acceptors (Lipinski definition) is 1. The third-order valence-corrected chi connectivity index (χ3v) is 11.4. The number of hydrogen-bond donors (Lipinski definition) is 0. The summed E-state index contributed by atoms with van der Waals surface area (Å²) in [5.74, 6) is 0. The zero-order chi connectivity index (χ0) is 53.8. The van der Waals surface area contributed by atoms with Crippen molar-refractivity contribution < 1.29 is 16.4 Å². The molecular weight excluding hydrogens is 783 g/mol. The lowest BCUT2D eigenvalue weighted by Gasteiger charge is -2.26. The second-order valence-corrected chi connectivity index (χ2v) is 15.6. The molecule has 65 heavy (non-hydrogen) atoms. The highest BCUT2D eigenvalue weighted by molar-refractivity contribution is 5.89. The summed E-state index contributed by atoms with van der Waals surface area (Å²) < 4.78 is 116. The first kappa shape index (κ1) is 28.2. The van der Waals surface area contributed by atoms with E-state index >= 15 is 0 Å². The zero-order valence-electron chi connectivity index (χ0n) is 47.0. The van der Waals surface area contributed by atoms with Gasteiger partial charge in [-0.1, -0.05) is 200 Å². The lowest BCUT2D eigenvalue weighted by Crippen LogP contribution is -2.09. The van der Waals surface area contributed by atoms with Crippen molar-refractivity contribution >= 4 is 27.8 Å². The number of anilines is 3. The first-order chi connectivity index (χ1) is 37.2. The maximum absolute atomic E-state index is 9.83. The highest BCUT2D eigenvalue weighted by Crippen LogP contribution is 2.40. The van der Waals surface area contributed by atoms with Crippen molar-refractivity contribution in [3.05, 3.63) is 273 Å². The van der Waals surface area contributed by atoms with E-state index in [9.17, 15) is 16.4 Å². The van der Waals surface area contributed by atoms with Gasteiger partial charge >= 0.3 is 0 Å². The molecule has 0 aromatic heterocycles. The molecule has 0 aliphatic carbocycles. The standard InChI is InChI=1S/C64H45N/c1-4-14-46(15-5-1)54-22-12-23-55(40-54)50-28-34-62(35-29-50)65(63-36-30-51(31-37-63)56-24-13-25-57(41-56)58-27-26-49-20-10-11-21-53(49)42-58)64-38-32-52(33-39-64)61-44-59(47-16-6-2-7-17-47)43-60(45-61)48-18-8-3-9-19-48/h1-45H/i28D,29D,30D,31D,32D,33D,34D,35D,36D,37D,38D,39D. The molecule has 0 saturated heterocycles. The van der Waals surface area contributed by atoms with Gasteiger partial charge in [0.05, 0.1) is 16.4 Å². The van der Waals surface area contributed by atoms with Crippen LogP contribution in [0.25, 0.3) is 88.7 Å². The van der Waals surface area contributed by atoms with E-state index in [1.807, 2.05) is 152 Å². The molecule has 0 spiro atoms. The Hall–Kier alpha value is -8.52. The smallest absolute Gasteiger partial charge is 0.0645 e. The van der Waals surface area contributed by atoms with Gasteiger partial charge in [-0.3, -0.25) is 0 Å². The molecule has 11 aromatic rings. The molecule has 0 fully saturated rings. The fraction of sp³-hybridized carbons (Fsp3) is 0. The van der Waals surface area contributed by atoms with Gasteiger partial charge in [0.1, 0.15) is 0 Å². The van der Waals surface area contributed by atoms with E-state index < -0.39 is 89.6 Å². The molecule has 0 heterocycles. The Morgan fingerprint density at radius 1 is 0.200 bits per heavy atom. The molecule has 0 unspecified atom stereocenters. The Labute approximate surface area is 398 Å². The van der Waals surface area contributed by atoms with Crippen LogP contribution in [-0.2, 0) is 0 Å². The SMILES string of the molecule is [2H]c1c([2H])c(N(c2c([2H])c([2H])c(-c3cccc(-c4ccc5ccccc5c4)c3)c([2H])c2[2H])c2c([2H])c([2H])c(-c3cc(-c4ccccc4)cc(-c4ccccc4)c3)c([2H])c2[2H])c([2H])c([2H])c1-c1cccc(-c2ccccc2)c1. The molecule has 0 aliphatic heterocycles. The molecule has 0 amide bonds. The van der Waals surface area contributed by atoms with Gasteiger partial charge in [0.2, 0.25) is 0 Å². The molecular formula is C64H45N. The van der Waals surface area contributed by atoms with Crippen molar-refractivity contribution in [2.45, 2.75) is 0 Å². The van der Waals surface area contributed by atoms with E-state index in [-0.39, 0.29) is 16.7 Å². The van der Waals surface area contributed by atoms with Crippen LogP contribution in [0.2, 0.25) is 0 Å². The second kappa shape index (κ2) is 17.7.